The molecule has 0 aromatic heterocycles. The van der Waals surface area contributed by atoms with E-state index in [9.17, 15) is 0 Å². The van der Waals surface area contributed by atoms with Gasteiger partial charge in [-0.1, -0.05) is 19.3 Å². The van der Waals surface area contributed by atoms with Gasteiger partial charge in [-0.3, -0.25) is 4.99 Å². The Morgan fingerprint density at radius 1 is 1.30 bits per heavy atom. The molecule has 23 heavy (non-hydrogen) atoms. The fourth-order valence-electron chi connectivity index (χ4n) is 4.05. The van der Waals surface area contributed by atoms with E-state index < -0.39 is 0 Å². The lowest BCUT2D eigenvalue weighted by Gasteiger charge is -2.45. The lowest BCUT2D eigenvalue weighted by molar-refractivity contribution is -0.0163. The molecule has 2 aliphatic heterocycles. The normalized spacial score (nSPS) is 29.7. The third-order valence-electron chi connectivity index (χ3n) is 5.35. The number of morpholine rings is 1. The highest BCUT2D eigenvalue weighted by atomic mass is 32.2. The van der Waals surface area contributed by atoms with Crippen molar-refractivity contribution in [2.45, 2.75) is 43.0 Å². The SMILES string of the molecule is CN=C(NCC1CN(C)CCO1)N1CCSC2(CCCCC2)C1. The van der Waals surface area contributed by atoms with Gasteiger partial charge in [0.1, 0.15) is 0 Å². The van der Waals surface area contributed by atoms with E-state index in [1.54, 1.807) is 0 Å². The molecule has 6 heteroatoms. The van der Waals surface area contributed by atoms with Crippen molar-refractivity contribution in [3.05, 3.63) is 0 Å². The van der Waals surface area contributed by atoms with Crippen LogP contribution in [0.5, 0.6) is 0 Å². The van der Waals surface area contributed by atoms with Crippen molar-refractivity contribution in [3.8, 4) is 0 Å². The van der Waals surface area contributed by atoms with Gasteiger partial charge in [0.2, 0.25) is 0 Å². The summed E-state index contributed by atoms with van der Waals surface area (Å²) in [6.07, 6.45) is 7.24. The molecule has 0 aromatic rings. The monoisotopic (exact) mass is 340 g/mol. The van der Waals surface area contributed by atoms with Gasteiger partial charge in [0.05, 0.1) is 12.7 Å². The summed E-state index contributed by atoms with van der Waals surface area (Å²) in [5.74, 6) is 2.29. The van der Waals surface area contributed by atoms with Crippen LogP contribution in [0.25, 0.3) is 0 Å². The van der Waals surface area contributed by atoms with Crippen LogP contribution in [0.2, 0.25) is 0 Å². The topological polar surface area (TPSA) is 40.1 Å². The van der Waals surface area contributed by atoms with Crippen LogP contribution in [0.1, 0.15) is 32.1 Å². The van der Waals surface area contributed by atoms with Gasteiger partial charge in [-0.2, -0.15) is 11.8 Å². The fourth-order valence-corrected chi connectivity index (χ4v) is 5.62. The predicted molar refractivity (Wildman–Crippen MR) is 98.4 cm³/mol. The zero-order valence-electron chi connectivity index (χ0n) is 14.7. The van der Waals surface area contributed by atoms with E-state index in [1.165, 1.54) is 37.9 Å². The van der Waals surface area contributed by atoms with Gasteiger partial charge in [-0.05, 0) is 19.9 Å². The molecule has 132 valence electrons. The maximum atomic E-state index is 5.86. The van der Waals surface area contributed by atoms with Crippen LogP contribution in [-0.4, -0.2) is 85.8 Å². The fraction of sp³-hybridized carbons (Fsp3) is 0.941. The van der Waals surface area contributed by atoms with Crippen molar-refractivity contribution in [2.24, 2.45) is 4.99 Å². The van der Waals surface area contributed by atoms with E-state index in [1.807, 2.05) is 7.05 Å². The molecule has 0 amide bonds. The number of thioether (sulfide) groups is 1. The minimum absolute atomic E-state index is 0.272. The Labute approximate surface area is 145 Å². The summed E-state index contributed by atoms with van der Waals surface area (Å²) in [5, 5.41) is 3.57. The minimum atomic E-state index is 0.272. The summed E-state index contributed by atoms with van der Waals surface area (Å²) in [6.45, 7) is 6.00. The molecule has 1 saturated carbocycles. The average Bonchev–Trinajstić information content (AvgIpc) is 2.56. The van der Waals surface area contributed by atoms with Crippen LogP contribution >= 0.6 is 11.8 Å². The Balaban J connectivity index is 1.53. The van der Waals surface area contributed by atoms with Crippen LogP contribution in [0.3, 0.4) is 0 Å². The van der Waals surface area contributed by atoms with Gasteiger partial charge in [-0.25, -0.2) is 0 Å². The zero-order valence-corrected chi connectivity index (χ0v) is 15.5. The molecular formula is C17H32N4OS. The highest BCUT2D eigenvalue weighted by molar-refractivity contribution is 8.00. The largest absolute Gasteiger partial charge is 0.374 e. The number of aliphatic imine (C=N–C) groups is 1. The van der Waals surface area contributed by atoms with E-state index in [0.717, 1.165) is 45.3 Å². The van der Waals surface area contributed by atoms with Gasteiger partial charge in [0.15, 0.2) is 5.96 Å². The maximum absolute atomic E-state index is 5.86. The van der Waals surface area contributed by atoms with E-state index >= 15 is 0 Å². The van der Waals surface area contributed by atoms with Crippen LogP contribution in [0.15, 0.2) is 4.99 Å². The maximum Gasteiger partial charge on any atom is 0.193 e. The molecule has 1 atom stereocenters. The first-order valence-electron chi connectivity index (χ1n) is 9.10. The lowest BCUT2D eigenvalue weighted by atomic mass is 9.87. The first-order chi connectivity index (χ1) is 11.2. The third kappa shape index (κ3) is 4.54. The van der Waals surface area contributed by atoms with Gasteiger partial charge < -0.3 is 19.9 Å². The summed E-state index contributed by atoms with van der Waals surface area (Å²) in [7, 11) is 4.07. The summed E-state index contributed by atoms with van der Waals surface area (Å²) in [4.78, 5) is 9.37. The van der Waals surface area contributed by atoms with Crippen molar-refractivity contribution in [3.63, 3.8) is 0 Å². The van der Waals surface area contributed by atoms with Crippen LogP contribution < -0.4 is 5.32 Å². The number of nitrogens with zero attached hydrogens (tertiary/aromatic N) is 3. The van der Waals surface area contributed by atoms with Gasteiger partial charge in [-0.15, -0.1) is 0 Å². The molecule has 1 aliphatic carbocycles. The van der Waals surface area contributed by atoms with Crippen molar-refractivity contribution < 1.29 is 4.74 Å². The molecule has 3 aliphatic rings. The van der Waals surface area contributed by atoms with E-state index in [4.69, 9.17) is 4.74 Å². The first kappa shape index (κ1) is 17.4. The second-order valence-corrected chi connectivity index (χ2v) is 8.76. The second kappa shape index (κ2) is 8.08. The van der Waals surface area contributed by atoms with Crippen molar-refractivity contribution >= 4 is 17.7 Å². The average molecular weight is 341 g/mol. The summed E-state index contributed by atoms with van der Waals surface area (Å²) in [5.41, 5.74) is 0. The number of likely N-dealkylation sites (N-methyl/N-ethyl adjacent to an activating group) is 1. The Bertz CT molecular complexity index is 406. The highest BCUT2D eigenvalue weighted by Crippen LogP contribution is 2.42. The number of ether oxygens (including phenoxy) is 1. The van der Waals surface area contributed by atoms with Gasteiger partial charge >= 0.3 is 0 Å². The number of hydrogen-bond acceptors (Lipinski definition) is 4. The number of guanidine groups is 1. The van der Waals surface area contributed by atoms with E-state index in [2.05, 4.69) is 38.9 Å². The summed E-state index contributed by atoms with van der Waals surface area (Å²) >= 11 is 2.21. The first-order valence-corrected chi connectivity index (χ1v) is 10.1. The Hall–Kier alpha value is -0.460. The molecule has 0 aromatic carbocycles. The lowest BCUT2D eigenvalue weighted by Crippen LogP contribution is -2.55. The molecule has 5 nitrogen and oxygen atoms in total. The minimum Gasteiger partial charge on any atom is -0.374 e. The smallest absolute Gasteiger partial charge is 0.193 e. The van der Waals surface area contributed by atoms with E-state index in [0.29, 0.717) is 4.75 Å². The third-order valence-corrected chi connectivity index (χ3v) is 6.89. The molecule has 0 bridgehead atoms. The van der Waals surface area contributed by atoms with E-state index in [-0.39, 0.29) is 6.10 Å². The molecule has 1 spiro atoms. The molecule has 3 fully saturated rings. The molecule has 1 unspecified atom stereocenters. The van der Waals surface area contributed by atoms with Crippen molar-refractivity contribution in [1.29, 1.82) is 0 Å². The zero-order chi connectivity index (χ0) is 16.1. The van der Waals surface area contributed by atoms with Crippen LogP contribution in [0.4, 0.5) is 0 Å². The summed E-state index contributed by atoms with van der Waals surface area (Å²) in [6, 6.07) is 0. The Morgan fingerprint density at radius 3 is 2.87 bits per heavy atom. The summed E-state index contributed by atoms with van der Waals surface area (Å²) < 4.78 is 6.34. The van der Waals surface area contributed by atoms with Crippen LogP contribution in [0, 0.1) is 0 Å². The molecule has 0 radical (unpaired) electrons. The number of rotatable bonds is 2. The molecule has 3 rings (SSSR count). The number of nitrogens with one attached hydrogen (secondary N) is 1. The molecular weight excluding hydrogens is 308 g/mol. The Morgan fingerprint density at radius 2 is 2.13 bits per heavy atom. The van der Waals surface area contributed by atoms with Crippen molar-refractivity contribution in [2.75, 3.05) is 59.2 Å². The number of hydrogen-bond donors (Lipinski definition) is 1. The van der Waals surface area contributed by atoms with Crippen molar-refractivity contribution in [1.82, 2.24) is 15.1 Å². The van der Waals surface area contributed by atoms with Gasteiger partial charge in [0, 0.05) is 50.3 Å². The quantitative estimate of drug-likeness (QED) is 0.611. The predicted octanol–water partition coefficient (Wildman–Crippen LogP) is 1.64. The highest BCUT2D eigenvalue weighted by Gasteiger charge is 2.38. The molecule has 1 N–H and O–H groups in total. The Kier molecular flexibility index (Phi) is 6.10. The molecule has 2 heterocycles. The second-order valence-electron chi connectivity index (χ2n) is 7.20. The van der Waals surface area contributed by atoms with Crippen LogP contribution in [-0.2, 0) is 4.74 Å². The molecule has 2 saturated heterocycles. The standard InChI is InChI=1S/C17H32N4OS/c1-18-16(19-12-15-13-20(2)8-10-22-15)21-9-11-23-17(14-21)6-4-3-5-7-17/h15H,3-14H2,1-2H3,(H,18,19). The van der Waals surface area contributed by atoms with Gasteiger partial charge in [0.25, 0.3) is 0 Å².